The van der Waals surface area contributed by atoms with Gasteiger partial charge in [0, 0.05) is 29.9 Å². The number of likely N-dealkylation sites (N-methyl/N-ethyl adjacent to an activating group) is 1. The van der Waals surface area contributed by atoms with Crippen LogP contribution in [-0.4, -0.2) is 47.1 Å². The van der Waals surface area contributed by atoms with Crippen molar-refractivity contribution in [2.45, 2.75) is 78.3 Å². The molecule has 0 spiro atoms. The number of amides is 1. The Hall–Kier alpha value is -4.27. The van der Waals surface area contributed by atoms with E-state index >= 15 is 8.78 Å². The predicted molar refractivity (Wildman–Crippen MR) is 171 cm³/mol. The number of hydrogen-bond acceptors (Lipinski definition) is 4. The first-order chi connectivity index (χ1) is 22.9. The second-order valence-electron chi connectivity index (χ2n) is 13.0. The van der Waals surface area contributed by atoms with E-state index in [1.54, 1.807) is 32.8 Å². The van der Waals surface area contributed by atoms with E-state index in [1.807, 2.05) is 0 Å². The first kappa shape index (κ1) is 40.2. The Morgan fingerprint density at radius 2 is 1.52 bits per heavy atom. The van der Waals surface area contributed by atoms with Crippen LogP contribution in [0.3, 0.4) is 0 Å². The lowest BCUT2D eigenvalue weighted by molar-refractivity contribution is -0.139. The van der Waals surface area contributed by atoms with Crippen LogP contribution in [0.15, 0.2) is 35.3 Å². The lowest BCUT2D eigenvalue weighted by Gasteiger charge is -2.27. The number of pyridine rings is 1. The van der Waals surface area contributed by atoms with Crippen molar-refractivity contribution in [1.29, 1.82) is 0 Å². The minimum absolute atomic E-state index is 0.142. The van der Waals surface area contributed by atoms with Crippen molar-refractivity contribution in [3.63, 3.8) is 0 Å². The van der Waals surface area contributed by atoms with Crippen LogP contribution < -0.4 is 10.9 Å². The number of carboxylic acids is 1. The summed E-state index contributed by atoms with van der Waals surface area (Å²) >= 11 is 0. The van der Waals surface area contributed by atoms with Crippen LogP contribution in [0.4, 0.5) is 35.1 Å². The summed E-state index contributed by atoms with van der Waals surface area (Å²) in [6, 6.07) is -0.194. The monoisotopic (exact) mass is 717 g/mol. The third-order valence-corrected chi connectivity index (χ3v) is 8.34. The van der Waals surface area contributed by atoms with Gasteiger partial charge in [0.15, 0.2) is 0 Å². The van der Waals surface area contributed by atoms with Gasteiger partial charge < -0.3 is 19.9 Å². The Labute approximate surface area is 283 Å². The van der Waals surface area contributed by atoms with Gasteiger partial charge in [-0.1, -0.05) is 19.9 Å². The van der Waals surface area contributed by atoms with E-state index in [0.29, 0.717) is 6.07 Å². The average Bonchev–Trinajstić information content (AvgIpc) is 2.96. The van der Waals surface area contributed by atoms with Gasteiger partial charge in [0.25, 0.3) is 5.56 Å². The molecule has 0 radical (unpaired) electrons. The van der Waals surface area contributed by atoms with Gasteiger partial charge in [-0.3, -0.25) is 14.4 Å². The quantitative estimate of drug-likeness (QED) is 0.187. The van der Waals surface area contributed by atoms with E-state index in [-0.39, 0.29) is 53.1 Å². The second kappa shape index (κ2) is 15.3. The van der Waals surface area contributed by atoms with Gasteiger partial charge in [-0.05, 0) is 93.6 Å². The third kappa shape index (κ3) is 9.09. The first-order valence-electron chi connectivity index (χ1n) is 15.6. The lowest BCUT2D eigenvalue weighted by Crippen LogP contribution is -2.41. The normalized spacial score (nSPS) is 13.5. The zero-order valence-electron chi connectivity index (χ0n) is 28.5. The molecule has 3 rings (SSSR count). The first-order valence-corrected chi connectivity index (χ1v) is 15.6. The van der Waals surface area contributed by atoms with Crippen molar-refractivity contribution in [2.75, 3.05) is 20.6 Å². The number of carboxylic acid groups (broad SMARTS) is 1. The molecule has 0 fully saturated rings. The molecule has 0 saturated carbocycles. The smallest absolute Gasteiger partial charge is 0.416 e. The molecule has 15 heteroatoms. The van der Waals surface area contributed by atoms with Gasteiger partial charge in [-0.2, -0.15) is 26.3 Å². The summed E-state index contributed by atoms with van der Waals surface area (Å²) in [7, 11) is 3.26. The molecule has 2 aromatic carbocycles. The predicted octanol–water partition coefficient (Wildman–Crippen LogP) is 7.78. The van der Waals surface area contributed by atoms with Crippen LogP contribution in [0, 0.1) is 38.3 Å². The van der Waals surface area contributed by atoms with E-state index in [9.17, 15) is 45.8 Å². The van der Waals surface area contributed by atoms with Gasteiger partial charge in [0.1, 0.15) is 17.7 Å². The molecule has 0 bridgehead atoms. The van der Waals surface area contributed by atoms with E-state index in [2.05, 4.69) is 5.32 Å². The van der Waals surface area contributed by atoms with Gasteiger partial charge in [-0.25, -0.2) is 8.78 Å². The number of nitrogens with one attached hydrogen (secondary N) is 1. The molecule has 1 amide bonds. The maximum absolute atomic E-state index is 16.5. The number of rotatable bonds is 12. The topological polar surface area (TPSA) is 91.6 Å². The summed E-state index contributed by atoms with van der Waals surface area (Å²) in [5.41, 5.74) is -5.78. The molecule has 50 heavy (non-hydrogen) atoms. The molecule has 1 aromatic heterocycles. The van der Waals surface area contributed by atoms with Crippen LogP contribution in [0.5, 0.6) is 0 Å². The van der Waals surface area contributed by atoms with Crippen molar-refractivity contribution in [3.05, 3.63) is 91.4 Å². The summed E-state index contributed by atoms with van der Waals surface area (Å²) in [4.78, 5) is 40.6. The van der Waals surface area contributed by atoms with Gasteiger partial charge in [0.05, 0.1) is 23.6 Å². The average molecular weight is 718 g/mol. The molecule has 7 nitrogen and oxygen atoms in total. The summed E-state index contributed by atoms with van der Waals surface area (Å²) in [5.74, 6) is -5.75. The summed E-state index contributed by atoms with van der Waals surface area (Å²) in [6.45, 7) is 7.19. The largest absolute Gasteiger partial charge is 0.481 e. The zero-order chi connectivity index (χ0) is 38.0. The van der Waals surface area contributed by atoms with Crippen molar-refractivity contribution >= 4 is 11.9 Å². The maximum atomic E-state index is 16.5. The van der Waals surface area contributed by atoms with Crippen molar-refractivity contribution in [1.82, 2.24) is 14.8 Å². The number of aromatic nitrogens is 1. The summed E-state index contributed by atoms with van der Waals surface area (Å²) in [6.07, 6.45) is -10.2. The molecule has 0 saturated heterocycles. The van der Waals surface area contributed by atoms with Gasteiger partial charge in [0.2, 0.25) is 5.91 Å². The molecule has 2 atom stereocenters. The highest BCUT2D eigenvalue weighted by atomic mass is 19.4. The lowest BCUT2D eigenvalue weighted by atomic mass is 9.87. The fraction of sp³-hybridized carbons (Fsp3) is 0.457. The number of nitrogens with zero attached hydrogens (tertiary/aromatic N) is 2. The maximum Gasteiger partial charge on any atom is 0.416 e. The number of alkyl halides is 6. The van der Waals surface area contributed by atoms with E-state index in [1.165, 1.54) is 13.8 Å². The summed E-state index contributed by atoms with van der Waals surface area (Å²) in [5, 5.41) is 12.0. The van der Waals surface area contributed by atoms with Gasteiger partial charge in [-0.15, -0.1) is 0 Å². The highest BCUT2D eigenvalue weighted by Gasteiger charge is 2.37. The Morgan fingerprint density at radius 3 is 2.04 bits per heavy atom. The second-order valence-corrected chi connectivity index (χ2v) is 13.0. The van der Waals surface area contributed by atoms with Crippen molar-refractivity contribution in [3.8, 4) is 11.1 Å². The SMILES string of the molecule is Cc1cc(-c2c(C)ccc(C(F)(F)F)c2C)c(F)c(C(CC(=O)O)NC(=O)C(CC(C)C)n2cc(CCN(C)C)c(C(F)(F)F)cc2=O)c1F. The van der Waals surface area contributed by atoms with Crippen LogP contribution in [-0.2, 0) is 28.4 Å². The number of aliphatic carboxylic acids is 1. The number of hydrogen-bond donors (Lipinski definition) is 2. The molecular weight excluding hydrogens is 678 g/mol. The number of benzene rings is 2. The molecule has 1 heterocycles. The van der Waals surface area contributed by atoms with Crippen molar-refractivity contribution in [2.24, 2.45) is 5.92 Å². The Balaban J connectivity index is 2.24. The van der Waals surface area contributed by atoms with Crippen LogP contribution >= 0.6 is 0 Å². The Bertz CT molecular complexity index is 1810. The molecule has 274 valence electrons. The van der Waals surface area contributed by atoms with E-state index in [0.717, 1.165) is 35.9 Å². The highest BCUT2D eigenvalue weighted by molar-refractivity contribution is 5.82. The molecule has 2 unspecified atom stereocenters. The van der Waals surface area contributed by atoms with Crippen LogP contribution in [0.25, 0.3) is 11.1 Å². The van der Waals surface area contributed by atoms with Crippen LogP contribution in [0.2, 0.25) is 0 Å². The fourth-order valence-corrected chi connectivity index (χ4v) is 5.96. The minimum Gasteiger partial charge on any atom is -0.481 e. The number of halogens is 8. The highest BCUT2D eigenvalue weighted by Crippen LogP contribution is 2.41. The Morgan fingerprint density at radius 1 is 0.920 bits per heavy atom. The Kier molecular flexibility index (Phi) is 12.3. The van der Waals surface area contributed by atoms with Crippen molar-refractivity contribution < 1.29 is 49.8 Å². The molecule has 0 aliphatic heterocycles. The molecular formula is C35H39F8N3O4. The standard InChI is InChI=1S/C35H39F8N3O4/c1-17(2)12-26(46-16-21(10-11-45(6)7)24(14-27(46)47)35(41,42)43)33(50)44-25(15-28(48)49)30-31(36)19(4)13-22(32(30)37)29-18(3)8-9-23(20(29)5)34(38,39)40/h8-9,13-14,16-17,25-26H,10-12,15H2,1-7H3,(H,44,50)(H,48,49). The third-order valence-electron chi connectivity index (χ3n) is 8.34. The molecule has 2 N–H and O–H groups in total. The molecule has 3 aromatic rings. The fourth-order valence-electron chi connectivity index (χ4n) is 5.96. The molecule has 0 aliphatic rings. The van der Waals surface area contributed by atoms with E-state index < -0.39 is 82.2 Å². The summed E-state index contributed by atoms with van der Waals surface area (Å²) < 4.78 is 116. The van der Waals surface area contributed by atoms with E-state index in [4.69, 9.17) is 0 Å². The zero-order valence-corrected chi connectivity index (χ0v) is 28.5. The molecule has 0 aliphatic carbocycles. The number of carbonyl (C=O) groups excluding carboxylic acids is 1. The minimum atomic E-state index is -4.89. The number of carbonyl (C=O) groups is 2. The van der Waals surface area contributed by atoms with Crippen LogP contribution in [0.1, 0.15) is 77.7 Å². The van der Waals surface area contributed by atoms with Gasteiger partial charge >= 0.3 is 18.3 Å². The number of aryl methyl sites for hydroxylation is 2.